The van der Waals surface area contributed by atoms with Gasteiger partial charge in [0.05, 0.1) is 9.26 Å². The van der Waals surface area contributed by atoms with Gasteiger partial charge in [0.2, 0.25) is 0 Å². The first kappa shape index (κ1) is 14.0. The quantitative estimate of drug-likeness (QED) is 0.811. The highest BCUT2D eigenvalue weighted by Crippen LogP contribution is 2.26. The first-order chi connectivity index (χ1) is 9.02. The van der Waals surface area contributed by atoms with E-state index in [2.05, 4.69) is 37.9 Å². The van der Waals surface area contributed by atoms with Crippen molar-refractivity contribution in [2.24, 2.45) is 0 Å². The molecule has 0 unspecified atom stereocenters. The summed E-state index contributed by atoms with van der Waals surface area (Å²) in [6.45, 7) is 4.60. The van der Waals surface area contributed by atoms with E-state index in [1.165, 1.54) is 12.1 Å². The van der Waals surface area contributed by atoms with Crippen molar-refractivity contribution < 1.29 is 9.50 Å². The summed E-state index contributed by atoms with van der Waals surface area (Å²) in [5, 5.41) is 12.3. The van der Waals surface area contributed by atoms with Crippen molar-refractivity contribution in [2.45, 2.75) is 13.8 Å². The molecule has 0 radical (unpaired) electrons. The van der Waals surface area contributed by atoms with Crippen molar-refractivity contribution >= 4 is 28.4 Å². The highest BCUT2D eigenvalue weighted by atomic mass is 127. The maximum atomic E-state index is 13.4. The lowest BCUT2D eigenvalue weighted by Crippen LogP contribution is -2.06. The van der Waals surface area contributed by atoms with Gasteiger partial charge in [0.25, 0.3) is 0 Å². The van der Waals surface area contributed by atoms with E-state index < -0.39 is 5.82 Å². The molecule has 6 heteroatoms. The standard InChI is InChI=1S/C13H13FIN3O/c1-3-16-13-11(15)7(2)17-12(18-13)8-4-5-10(19)9(14)6-8/h4-6,19H,3H2,1-2H3,(H,16,17,18). The van der Waals surface area contributed by atoms with Crippen molar-refractivity contribution in [2.75, 3.05) is 11.9 Å². The second-order valence-electron chi connectivity index (χ2n) is 3.99. The van der Waals surface area contributed by atoms with Gasteiger partial charge < -0.3 is 10.4 Å². The number of hydrogen-bond acceptors (Lipinski definition) is 4. The summed E-state index contributed by atoms with van der Waals surface area (Å²) in [5.74, 6) is 0.118. The molecule has 0 spiro atoms. The van der Waals surface area contributed by atoms with Crippen LogP contribution in [-0.2, 0) is 0 Å². The lowest BCUT2D eigenvalue weighted by molar-refractivity contribution is 0.432. The number of anilines is 1. The Morgan fingerprint density at radius 2 is 2.11 bits per heavy atom. The molecule has 2 rings (SSSR count). The molecule has 0 aliphatic carbocycles. The molecule has 0 amide bonds. The smallest absolute Gasteiger partial charge is 0.165 e. The number of benzene rings is 1. The van der Waals surface area contributed by atoms with Gasteiger partial charge in [-0.2, -0.15) is 0 Å². The highest BCUT2D eigenvalue weighted by Gasteiger charge is 2.11. The van der Waals surface area contributed by atoms with Crippen LogP contribution < -0.4 is 5.32 Å². The third-order valence-corrected chi connectivity index (χ3v) is 3.86. The Hall–Kier alpha value is -1.44. The molecular weight excluding hydrogens is 360 g/mol. The minimum Gasteiger partial charge on any atom is -0.505 e. The van der Waals surface area contributed by atoms with Gasteiger partial charge in [0.15, 0.2) is 17.4 Å². The Bertz CT molecular complexity index is 619. The summed E-state index contributed by atoms with van der Waals surface area (Å²) < 4.78 is 14.3. The number of aromatic nitrogens is 2. The Labute approximate surface area is 124 Å². The number of aromatic hydroxyl groups is 1. The van der Waals surface area contributed by atoms with E-state index in [1.54, 1.807) is 6.07 Å². The largest absolute Gasteiger partial charge is 0.505 e. The SMILES string of the molecule is CCNc1nc(-c2ccc(O)c(F)c2)nc(C)c1I. The summed E-state index contributed by atoms with van der Waals surface area (Å²) in [6, 6.07) is 4.12. The maximum absolute atomic E-state index is 13.4. The molecule has 0 aliphatic heterocycles. The first-order valence-corrected chi connectivity index (χ1v) is 6.87. The molecule has 1 heterocycles. The fourth-order valence-corrected chi connectivity index (χ4v) is 2.05. The van der Waals surface area contributed by atoms with E-state index >= 15 is 0 Å². The van der Waals surface area contributed by atoms with Crippen LogP contribution in [-0.4, -0.2) is 21.6 Å². The van der Waals surface area contributed by atoms with Crippen molar-refractivity contribution in [3.8, 4) is 17.1 Å². The number of nitrogens with one attached hydrogen (secondary N) is 1. The number of phenols is 1. The fraction of sp³-hybridized carbons (Fsp3) is 0.231. The number of aryl methyl sites for hydroxylation is 1. The predicted molar refractivity (Wildman–Crippen MR) is 80.7 cm³/mol. The van der Waals surface area contributed by atoms with Crippen molar-refractivity contribution in [3.05, 3.63) is 33.3 Å². The van der Waals surface area contributed by atoms with Gasteiger partial charge in [-0.25, -0.2) is 14.4 Å². The molecule has 19 heavy (non-hydrogen) atoms. The minimum atomic E-state index is -0.678. The van der Waals surface area contributed by atoms with Gasteiger partial charge in [-0.1, -0.05) is 0 Å². The number of halogens is 2. The van der Waals surface area contributed by atoms with Crippen LogP contribution in [0.15, 0.2) is 18.2 Å². The fourth-order valence-electron chi connectivity index (χ4n) is 1.62. The van der Waals surface area contributed by atoms with Crippen molar-refractivity contribution in [3.63, 3.8) is 0 Å². The van der Waals surface area contributed by atoms with E-state index in [9.17, 15) is 9.50 Å². The van der Waals surface area contributed by atoms with Crippen LogP contribution in [0, 0.1) is 16.3 Å². The summed E-state index contributed by atoms with van der Waals surface area (Å²) in [7, 11) is 0. The maximum Gasteiger partial charge on any atom is 0.165 e. The average Bonchev–Trinajstić information content (AvgIpc) is 2.38. The number of hydrogen-bond donors (Lipinski definition) is 2. The zero-order valence-corrected chi connectivity index (χ0v) is 12.7. The molecule has 0 atom stereocenters. The van der Waals surface area contributed by atoms with Gasteiger partial charge >= 0.3 is 0 Å². The molecule has 100 valence electrons. The van der Waals surface area contributed by atoms with E-state index in [0.29, 0.717) is 11.4 Å². The lowest BCUT2D eigenvalue weighted by atomic mass is 10.2. The Morgan fingerprint density at radius 3 is 2.74 bits per heavy atom. The molecule has 0 aliphatic rings. The number of phenolic OH excluding ortho intramolecular Hbond substituents is 1. The van der Waals surface area contributed by atoms with Gasteiger partial charge in [0, 0.05) is 12.1 Å². The van der Waals surface area contributed by atoms with Crippen LogP contribution in [0.5, 0.6) is 5.75 Å². The van der Waals surface area contributed by atoms with Crippen LogP contribution in [0.3, 0.4) is 0 Å². The van der Waals surface area contributed by atoms with Crippen LogP contribution in [0.25, 0.3) is 11.4 Å². The second kappa shape index (κ2) is 5.68. The number of nitrogens with zero attached hydrogens (tertiary/aromatic N) is 2. The van der Waals surface area contributed by atoms with E-state index in [4.69, 9.17) is 0 Å². The molecule has 0 saturated heterocycles. The van der Waals surface area contributed by atoms with Gasteiger partial charge in [-0.3, -0.25) is 0 Å². The Morgan fingerprint density at radius 1 is 1.37 bits per heavy atom. The molecule has 1 aromatic carbocycles. The molecule has 2 aromatic rings. The van der Waals surface area contributed by atoms with E-state index in [0.717, 1.165) is 21.6 Å². The molecule has 1 aromatic heterocycles. The summed E-state index contributed by atoms with van der Waals surface area (Å²) in [4.78, 5) is 8.74. The monoisotopic (exact) mass is 373 g/mol. The zero-order valence-electron chi connectivity index (χ0n) is 10.5. The van der Waals surface area contributed by atoms with Crippen LogP contribution in [0.2, 0.25) is 0 Å². The molecular formula is C13H13FIN3O. The molecule has 0 fully saturated rings. The van der Waals surface area contributed by atoms with E-state index in [-0.39, 0.29) is 5.75 Å². The van der Waals surface area contributed by atoms with Gasteiger partial charge in [-0.15, -0.1) is 0 Å². The number of rotatable bonds is 3. The summed E-state index contributed by atoms with van der Waals surface area (Å²) in [5.41, 5.74) is 1.36. The molecule has 4 nitrogen and oxygen atoms in total. The molecule has 0 saturated carbocycles. The van der Waals surface area contributed by atoms with Gasteiger partial charge in [-0.05, 0) is 54.6 Å². The predicted octanol–water partition coefficient (Wildman–Crippen LogP) is 3.33. The molecule has 0 bridgehead atoms. The Balaban J connectivity index is 2.52. The average molecular weight is 373 g/mol. The topological polar surface area (TPSA) is 58.0 Å². The highest BCUT2D eigenvalue weighted by molar-refractivity contribution is 14.1. The van der Waals surface area contributed by atoms with Crippen molar-refractivity contribution in [1.29, 1.82) is 0 Å². The third-order valence-electron chi connectivity index (χ3n) is 2.57. The normalized spacial score (nSPS) is 10.5. The molecule has 2 N–H and O–H groups in total. The third kappa shape index (κ3) is 2.94. The van der Waals surface area contributed by atoms with Crippen LogP contribution >= 0.6 is 22.6 Å². The first-order valence-electron chi connectivity index (χ1n) is 5.79. The van der Waals surface area contributed by atoms with Crippen molar-refractivity contribution in [1.82, 2.24) is 9.97 Å². The zero-order chi connectivity index (χ0) is 14.0. The van der Waals surface area contributed by atoms with Crippen LogP contribution in [0.4, 0.5) is 10.2 Å². The van der Waals surface area contributed by atoms with Crippen LogP contribution in [0.1, 0.15) is 12.6 Å². The van der Waals surface area contributed by atoms with Gasteiger partial charge in [0.1, 0.15) is 5.82 Å². The Kier molecular flexibility index (Phi) is 4.18. The minimum absolute atomic E-state index is 0.377. The van der Waals surface area contributed by atoms with E-state index in [1.807, 2.05) is 13.8 Å². The lowest BCUT2D eigenvalue weighted by Gasteiger charge is -2.10. The summed E-state index contributed by atoms with van der Waals surface area (Å²) in [6.07, 6.45) is 0. The second-order valence-corrected chi connectivity index (χ2v) is 5.07. The summed E-state index contributed by atoms with van der Waals surface area (Å²) >= 11 is 2.17.